The summed E-state index contributed by atoms with van der Waals surface area (Å²) in [5, 5.41) is 47.0. The van der Waals surface area contributed by atoms with Crippen molar-refractivity contribution in [3.05, 3.63) is 86.3 Å². The fourth-order valence-electron chi connectivity index (χ4n) is 5.95. The lowest BCUT2D eigenvalue weighted by atomic mass is 9.60. The van der Waals surface area contributed by atoms with E-state index in [1.807, 2.05) is 30.3 Å². The summed E-state index contributed by atoms with van der Waals surface area (Å²) in [7, 11) is 0. The molecule has 198 valence electrons. The molecule has 0 saturated heterocycles. The number of rotatable bonds is 6. The quantitative estimate of drug-likeness (QED) is 0.241. The molecule has 38 heavy (non-hydrogen) atoms. The summed E-state index contributed by atoms with van der Waals surface area (Å²) >= 11 is 6.71. The summed E-state index contributed by atoms with van der Waals surface area (Å²) < 4.78 is 0. The number of aliphatic hydroxyl groups is 3. The van der Waals surface area contributed by atoms with E-state index in [2.05, 4.69) is 5.32 Å². The molecule has 0 radical (unpaired) electrons. The van der Waals surface area contributed by atoms with Crippen molar-refractivity contribution in [1.29, 1.82) is 0 Å². The Kier molecular flexibility index (Phi) is 6.54. The Balaban J connectivity index is 1.45. The van der Waals surface area contributed by atoms with Crippen LogP contribution in [0.4, 0.5) is 0 Å². The number of allylic oxidation sites excluding steroid dienone is 2. The van der Waals surface area contributed by atoms with Crippen molar-refractivity contribution >= 4 is 29.1 Å². The van der Waals surface area contributed by atoms with Gasteiger partial charge in [-0.15, -0.1) is 0 Å². The van der Waals surface area contributed by atoms with Gasteiger partial charge in [0.2, 0.25) is 5.78 Å². The number of nitrogens with one attached hydrogen (secondary N) is 1. The van der Waals surface area contributed by atoms with Crippen molar-refractivity contribution in [2.24, 2.45) is 17.6 Å². The minimum atomic E-state index is -2.59. The molecule has 3 aliphatic carbocycles. The number of fused-ring (bicyclic) bond motifs is 3. The molecule has 7 N–H and O–H groups in total. The van der Waals surface area contributed by atoms with E-state index in [0.29, 0.717) is 29.2 Å². The molecule has 0 heterocycles. The van der Waals surface area contributed by atoms with Crippen molar-refractivity contribution in [2.45, 2.75) is 37.8 Å². The van der Waals surface area contributed by atoms with Gasteiger partial charge in [-0.25, -0.2) is 0 Å². The summed E-state index contributed by atoms with van der Waals surface area (Å²) in [6.45, 7) is 1.02. The number of hydrogen-bond donors (Lipinski definition) is 6. The van der Waals surface area contributed by atoms with Gasteiger partial charge in [-0.2, -0.15) is 0 Å². The highest BCUT2D eigenvalue weighted by atomic mass is 35.5. The second-order valence-electron chi connectivity index (χ2n) is 10.0. The smallest absolute Gasteiger partial charge is 0.255 e. The lowest BCUT2D eigenvalue weighted by Gasteiger charge is -2.45. The molecule has 10 heteroatoms. The van der Waals surface area contributed by atoms with Gasteiger partial charge in [0.1, 0.15) is 22.8 Å². The molecule has 1 amide bonds. The third kappa shape index (κ3) is 3.98. The van der Waals surface area contributed by atoms with Crippen LogP contribution in [0, 0.1) is 11.8 Å². The first-order valence-corrected chi connectivity index (χ1v) is 12.7. The second-order valence-corrected chi connectivity index (χ2v) is 10.4. The topological polar surface area (TPSA) is 170 Å². The maximum Gasteiger partial charge on any atom is 0.255 e. The molecule has 2 aromatic rings. The highest BCUT2D eigenvalue weighted by molar-refractivity contribution is 6.33. The minimum absolute atomic E-state index is 0.0551. The number of Topliss-reactive ketones (excluding diaryl/α,β-unsaturated/α-hetero) is 2. The predicted molar refractivity (Wildman–Crippen MR) is 138 cm³/mol. The molecule has 3 atom stereocenters. The first-order valence-electron chi connectivity index (χ1n) is 12.3. The molecule has 1 unspecified atom stereocenters. The zero-order valence-corrected chi connectivity index (χ0v) is 21.1. The largest absolute Gasteiger partial charge is 0.511 e. The van der Waals surface area contributed by atoms with Gasteiger partial charge in [-0.3, -0.25) is 14.4 Å². The summed E-state index contributed by atoms with van der Waals surface area (Å²) in [6.07, 6.45) is 0.739. The van der Waals surface area contributed by atoms with Crippen molar-refractivity contribution in [3.8, 4) is 5.75 Å². The van der Waals surface area contributed by atoms with Gasteiger partial charge in [0.25, 0.3) is 5.91 Å². The van der Waals surface area contributed by atoms with Gasteiger partial charge in [0.05, 0.1) is 5.56 Å². The third-order valence-corrected chi connectivity index (χ3v) is 8.29. The van der Waals surface area contributed by atoms with E-state index in [4.69, 9.17) is 17.3 Å². The minimum Gasteiger partial charge on any atom is -0.511 e. The number of phenols is 1. The molecule has 0 spiro atoms. The Morgan fingerprint density at radius 2 is 1.84 bits per heavy atom. The van der Waals surface area contributed by atoms with E-state index in [0.717, 1.165) is 6.42 Å². The molecule has 0 fully saturated rings. The first kappa shape index (κ1) is 26.0. The number of phenolic OH excluding ortho intramolecular Hbond substituents is 1. The predicted octanol–water partition coefficient (Wildman–Crippen LogP) is 2.57. The van der Waals surface area contributed by atoms with Crippen LogP contribution in [-0.2, 0) is 29.0 Å². The molecule has 0 bridgehead atoms. The van der Waals surface area contributed by atoms with Gasteiger partial charge >= 0.3 is 0 Å². The standard InChI is InChI=1S/C28H27ClN2O7/c29-23-15(12-31-7-6-13-4-2-1-3-5-13)10-18(32)21-17(23)9-14-8-16-11-19(33)22(27(30)37)26(36)28(16,38)25(35)20(14)24(21)34/h1-5,10,14,16,31-33,35,38H,6-9,11-12H2,(H2,30,37)/t14?,16-,28-/m0/s1. The van der Waals surface area contributed by atoms with E-state index < -0.39 is 52.0 Å². The van der Waals surface area contributed by atoms with Crippen LogP contribution in [0.1, 0.15) is 39.9 Å². The Hall–Kier alpha value is -3.66. The number of halogens is 1. The van der Waals surface area contributed by atoms with Crippen LogP contribution in [0.15, 0.2) is 59.1 Å². The van der Waals surface area contributed by atoms with Crippen molar-refractivity contribution < 1.29 is 34.8 Å². The van der Waals surface area contributed by atoms with Gasteiger partial charge in [-0.1, -0.05) is 41.9 Å². The van der Waals surface area contributed by atoms with Gasteiger partial charge in [0, 0.05) is 29.5 Å². The van der Waals surface area contributed by atoms with Gasteiger partial charge in [0.15, 0.2) is 11.4 Å². The summed E-state index contributed by atoms with van der Waals surface area (Å²) in [5.74, 6) is -6.63. The number of benzene rings is 2. The molecule has 0 aliphatic heterocycles. The average Bonchev–Trinajstić information content (AvgIpc) is 2.87. The van der Waals surface area contributed by atoms with E-state index in [9.17, 15) is 34.8 Å². The molecule has 5 rings (SSSR count). The maximum absolute atomic E-state index is 13.5. The van der Waals surface area contributed by atoms with E-state index in [-0.39, 0.29) is 36.1 Å². The summed E-state index contributed by atoms with van der Waals surface area (Å²) in [6, 6.07) is 11.3. The third-order valence-electron chi connectivity index (χ3n) is 7.82. The number of carbonyl (C=O) groups is 3. The fourth-order valence-corrected chi connectivity index (χ4v) is 6.24. The molecule has 3 aliphatic rings. The molecule has 0 aromatic heterocycles. The summed E-state index contributed by atoms with van der Waals surface area (Å²) in [4.78, 5) is 38.3. The van der Waals surface area contributed by atoms with Gasteiger partial charge < -0.3 is 31.5 Å². The van der Waals surface area contributed by atoms with Crippen LogP contribution in [0.25, 0.3) is 0 Å². The molecule has 2 aromatic carbocycles. The number of aromatic hydroxyl groups is 1. The molecule has 9 nitrogen and oxygen atoms in total. The van der Waals surface area contributed by atoms with Crippen LogP contribution < -0.4 is 11.1 Å². The number of aliphatic hydroxyl groups excluding tert-OH is 2. The number of nitrogens with two attached hydrogens (primary N) is 1. The summed E-state index contributed by atoms with van der Waals surface area (Å²) in [5.41, 5.74) is 3.72. The molecular formula is C28H27ClN2O7. The fraction of sp³-hybridized carbons (Fsp3) is 0.321. The zero-order chi connectivity index (χ0) is 27.4. The molecule has 0 saturated carbocycles. The van der Waals surface area contributed by atoms with Crippen LogP contribution in [0.3, 0.4) is 0 Å². The van der Waals surface area contributed by atoms with Crippen LogP contribution in [0.2, 0.25) is 5.02 Å². The normalized spacial score (nSPS) is 24.7. The van der Waals surface area contributed by atoms with Crippen molar-refractivity contribution in [1.82, 2.24) is 5.32 Å². The Morgan fingerprint density at radius 1 is 1.13 bits per heavy atom. The van der Waals surface area contributed by atoms with Crippen molar-refractivity contribution in [3.63, 3.8) is 0 Å². The lowest BCUT2D eigenvalue weighted by molar-refractivity contribution is -0.144. The van der Waals surface area contributed by atoms with E-state index in [1.54, 1.807) is 0 Å². The van der Waals surface area contributed by atoms with Crippen LogP contribution in [0.5, 0.6) is 5.75 Å². The Bertz CT molecular complexity index is 1430. The van der Waals surface area contributed by atoms with E-state index in [1.165, 1.54) is 11.6 Å². The highest BCUT2D eigenvalue weighted by Gasteiger charge is 2.59. The number of hydrogen-bond acceptors (Lipinski definition) is 8. The molecular weight excluding hydrogens is 512 g/mol. The second kappa shape index (κ2) is 9.58. The van der Waals surface area contributed by atoms with E-state index >= 15 is 0 Å². The number of amides is 1. The monoisotopic (exact) mass is 538 g/mol. The first-order chi connectivity index (χ1) is 18.1. The Morgan fingerprint density at radius 3 is 2.53 bits per heavy atom. The maximum atomic E-state index is 13.5. The number of carbonyl (C=O) groups excluding carboxylic acids is 3. The SMILES string of the molecule is NC(=O)C1=C(O)C[C@@H]2CC3Cc4c(Cl)c(CNCCc5ccccc5)cc(O)c4C(=O)C3=C(O)[C@]2(O)C1=O. The highest BCUT2D eigenvalue weighted by Crippen LogP contribution is 2.52. The number of primary amides is 1. The van der Waals surface area contributed by atoms with Gasteiger partial charge in [-0.05, 0) is 54.5 Å². The average molecular weight is 539 g/mol. The van der Waals surface area contributed by atoms with Crippen LogP contribution in [-0.4, -0.2) is 50.0 Å². The van der Waals surface area contributed by atoms with Crippen LogP contribution >= 0.6 is 11.6 Å². The Labute approximate surface area is 223 Å². The lowest BCUT2D eigenvalue weighted by Crippen LogP contribution is -2.57. The zero-order valence-electron chi connectivity index (χ0n) is 20.3. The number of ketones is 2. The van der Waals surface area contributed by atoms with Crippen molar-refractivity contribution in [2.75, 3.05) is 6.54 Å².